The highest BCUT2D eigenvalue weighted by atomic mass is 16.5. The summed E-state index contributed by atoms with van der Waals surface area (Å²) < 4.78 is 5.59. The number of aromatic nitrogens is 1. The average molecular weight is 284 g/mol. The maximum Gasteiger partial charge on any atom is 0.269 e. The fourth-order valence-corrected chi connectivity index (χ4v) is 1.87. The molecule has 21 heavy (non-hydrogen) atoms. The lowest BCUT2D eigenvalue weighted by Crippen LogP contribution is -2.28. The molecule has 1 amide bonds. The van der Waals surface area contributed by atoms with E-state index in [2.05, 4.69) is 36.3 Å². The second kappa shape index (κ2) is 7.43. The van der Waals surface area contributed by atoms with Crippen LogP contribution in [0.25, 0.3) is 0 Å². The summed E-state index contributed by atoms with van der Waals surface area (Å²) in [6.07, 6.45) is 1.60. The normalized spacial score (nSPS) is 10.4. The Labute approximate surface area is 125 Å². The molecule has 2 rings (SSSR count). The van der Waals surface area contributed by atoms with Crippen LogP contribution in [0.2, 0.25) is 0 Å². The van der Waals surface area contributed by atoms with E-state index in [1.54, 1.807) is 24.4 Å². The topological polar surface area (TPSA) is 51.2 Å². The Morgan fingerprint density at radius 1 is 1.19 bits per heavy atom. The second-order valence-corrected chi connectivity index (χ2v) is 5.04. The summed E-state index contributed by atoms with van der Waals surface area (Å²) in [4.78, 5) is 15.7. The van der Waals surface area contributed by atoms with Gasteiger partial charge in [-0.3, -0.25) is 9.78 Å². The summed E-state index contributed by atoms with van der Waals surface area (Å²) in [5.41, 5.74) is 1.70. The number of nitrogens with one attached hydrogen (secondary N) is 1. The monoisotopic (exact) mass is 284 g/mol. The molecule has 0 bridgehead atoms. The van der Waals surface area contributed by atoms with Crippen molar-refractivity contribution in [1.82, 2.24) is 10.3 Å². The summed E-state index contributed by atoms with van der Waals surface area (Å²) in [5, 5.41) is 2.77. The molecule has 0 radical (unpaired) electrons. The van der Waals surface area contributed by atoms with E-state index in [0.717, 1.165) is 5.75 Å². The van der Waals surface area contributed by atoms with E-state index in [9.17, 15) is 4.79 Å². The van der Waals surface area contributed by atoms with Gasteiger partial charge < -0.3 is 10.1 Å². The van der Waals surface area contributed by atoms with Crippen molar-refractivity contribution in [2.24, 2.45) is 0 Å². The third kappa shape index (κ3) is 4.60. The van der Waals surface area contributed by atoms with Gasteiger partial charge in [-0.2, -0.15) is 0 Å². The van der Waals surface area contributed by atoms with Crippen LogP contribution in [0, 0.1) is 0 Å². The fraction of sp³-hybridized carbons (Fsp3) is 0.294. The van der Waals surface area contributed by atoms with Gasteiger partial charge in [0.15, 0.2) is 0 Å². The maximum absolute atomic E-state index is 11.7. The first-order valence-corrected chi connectivity index (χ1v) is 7.09. The minimum absolute atomic E-state index is 0.186. The highest BCUT2D eigenvalue weighted by Crippen LogP contribution is 2.18. The Morgan fingerprint density at radius 2 is 1.95 bits per heavy atom. The third-order valence-electron chi connectivity index (χ3n) is 3.10. The number of ether oxygens (including phenoxy) is 1. The second-order valence-electron chi connectivity index (χ2n) is 5.04. The lowest BCUT2D eigenvalue weighted by molar-refractivity contribution is 0.0942. The van der Waals surface area contributed by atoms with Crippen molar-refractivity contribution in [2.45, 2.75) is 19.8 Å². The Kier molecular flexibility index (Phi) is 5.32. The summed E-state index contributed by atoms with van der Waals surface area (Å²) in [5.74, 6) is 1.14. The van der Waals surface area contributed by atoms with E-state index >= 15 is 0 Å². The SMILES string of the molecule is CC(C)c1ccc(OCCNC(=O)c2ccccn2)cc1. The number of pyridine rings is 1. The molecule has 2 aromatic rings. The molecule has 0 atom stereocenters. The van der Waals surface area contributed by atoms with E-state index in [0.29, 0.717) is 24.8 Å². The molecule has 4 heteroatoms. The van der Waals surface area contributed by atoms with Gasteiger partial charge in [0.25, 0.3) is 5.91 Å². The van der Waals surface area contributed by atoms with Crippen molar-refractivity contribution in [3.05, 3.63) is 59.9 Å². The van der Waals surface area contributed by atoms with E-state index in [1.165, 1.54) is 5.56 Å². The summed E-state index contributed by atoms with van der Waals surface area (Å²) >= 11 is 0. The van der Waals surface area contributed by atoms with Gasteiger partial charge in [0, 0.05) is 6.20 Å². The minimum atomic E-state index is -0.186. The molecule has 0 fully saturated rings. The average Bonchev–Trinajstić information content (AvgIpc) is 2.52. The lowest BCUT2D eigenvalue weighted by Gasteiger charge is -2.09. The Hall–Kier alpha value is -2.36. The molecule has 0 aliphatic heterocycles. The van der Waals surface area contributed by atoms with E-state index in [4.69, 9.17) is 4.74 Å². The quantitative estimate of drug-likeness (QED) is 0.830. The van der Waals surface area contributed by atoms with E-state index in [-0.39, 0.29) is 5.91 Å². The van der Waals surface area contributed by atoms with Crippen molar-refractivity contribution >= 4 is 5.91 Å². The highest BCUT2D eigenvalue weighted by molar-refractivity contribution is 5.92. The summed E-state index contributed by atoms with van der Waals surface area (Å²) in [7, 11) is 0. The zero-order chi connectivity index (χ0) is 15.1. The predicted octanol–water partition coefficient (Wildman–Crippen LogP) is 3.01. The van der Waals surface area contributed by atoms with Crippen molar-refractivity contribution < 1.29 is 9.53 Å². The number of rotatable bonds is 6. The zero-order valence-electron chi connectivity index (χ0n) is 12.4. The van der Waals surface area contributed by atoms with Crippen LogP contribution in [0.3, 0.4) is 0 Å². The van der Waals surface area contributed by atoms with Crippen LogP contribution in [0.15, 0.2) is 48.7 Å². The Balaban J connectivity index is 1.73. The van der Waals surface area contributed by atoms with Gasteiger partial charge in [-0.05, 0) is 35.7 Å². The van der Waals surface area contributed by atoms with Crippen molar-refractivity contribution in [1.29, 1.82) is 0 Å². The molecule has 1 aromatic carbocycles. The minimum Gasteiger partial charge on any atom is -0.492 e. The van der Waals surface area contributed by atoms with E-state index < -0.39 is 0 Å². The molecule has 0 aliphatic rings. The summed E-state index contributed by atoms with van der Waals surface area (Å²) in [6, 6.07) is 13.3. The van der Waals surface area contributed by atoms with Gasteiger partial charge in [0.05, 0.1) is 6.54 Å². The molecule has 0 unspecified atom stereocenters. The van der Waals surface area contributed by atoms with Gasteiger partial charge in [-0.25, -0.2) is 0 Å². The standard InChI is InChI=1S/C17H20N2O2/c1-13(2)14-6-8-15(9-7-14)21-12-11-19-17(20)16-5-3-4-10-18-16/h3-10,13H,11-12H2,1-2H3,(H,19,20). The lowest BCUT2D eigenvalue weighted by atomic mass is 10.0. The molecule has 110 valence electrons. The third-order valence-corrected chi connectivity index (χ3v) is 3.10. The number of hydrogen-bond acceptors (Lipinski definition) is 3. The van der Waals surface area contributed by atoms with E-state index in [1.807, 2.05) is 12.1 Å². The van der Waals surface area contributed by atoms with Crippen LogP contribution in [0.5, 0.6) is 5.75 Å². The predicted molar refractivity (Wildman–Crippen MR) is 82.6 cm³/mol. The number of benzene rings is 1. The van der Waals surface area contributed by atoms with Gasteiger partial charge in [-0.15, -0.1) is 0 Å². The van der Waals surface area contributed by atoms with Gasteiger partial charge in [0.2, 0.25) is 0 Å². The smallest absolute Gasteiger partial charge is 0.269 e. The first-order chi connectivity index (χ1) is 10.2. The van der Waals surface area contributed by atoms with Crippen LogP contribution in [-0.4, -0.2) is 24.0 Å². The number of nitrogens with zero attached hydrogens (tertiary/aromatic N) is 1. The van der Waals surface area contributed by atoms with Crippen LogP contribution < -0.4 is 10.1 Å². The summed E-state index contributed by atoms with van der Waals surface area (Å²) in [6.45, 7) is 5.19. The largest absolute Gasteiger partial charge is 0.492 e. The van der Waals surface area contributed by atoms with Gasteiger partial charge in [0.1, 0.15) is 18.1 Å². The van der Waals surface area contributed by atoms with Crippen LogP contribution in [0.1, 0.15) is 35.8 Å². The first kappa shape index (κ1) is 15.0. The van der Waals surface area contributed by atoms with Gasteiger partial charge >= 0.3 is 0 Å². The van der Waals surface area contributed by atoms with Crippen LogP contribution in [0.4, 0.5) is 0 Å². The number of hydrogen-bond donors (Lipinski definition) is 1. The zero-order valence-corrected chi connectivity index (χ0v) is 12.4. The molecular formula is C17H20N2O2. The molecule has 0 saturated heterocycles. The van der Waals surface area contributed by atoms with Gasteiger partial charge in [-0.1, -0.05) is 32.0 Å². The fourth-order valence-electron chi connectivity index (χ4n) is 1.87. The number of carbonyl (C=O) groups is 1. The molecule has 0 spiro atoms. The highest BCUT2D eigenvalue weighted by Gasteiger charge is 2.05. The van der Waals surface area contributed by atoms with Crippen molar-refractivity contribution in [3.63, 3.8) is 0 Å². The Morgan fingerprint density at radius 3 is 2.57 bits per heavy atom. The molecule has 1 heterocycles. The van der Waals surface area contributed by atoms with Crippen molar-refractivity contribution in [3.8, 4) is 5.75 Å². The van der Waals surface area contributed by atoms with Crippen LogP contribution in [-0.2, 0) is 0 Å². The Bertz CT molecular complexity index is 565. The number of carbonyl (C=O) groups excluding carboxylic acids is 1. The van der Waals surface area contributed by atoms with Crippen molar-refractivity contribution in [2.75, 3.05) is 13.2 Å². The molecular weight excluding hydrogens is 264 g/mol. The molecule has 4 nitrogen and oxygen atoms in total. The molecule has 0 saturated carbocycles. The molecule has 1 N–H and O–H groups in total. The number of amides is 1. The molecule has 1 aromatic heterocycles. The first-order valence-electron chi connectivity index (χ1n) is 7.09. The maximum atomic E-state index is 11.7. The molecule has 0 aliphatic carbocycles. The van der Waals surface area contributed by atoms with Crippen LogP contribution >= 0.6 is 0 Å².